The molecule has 2 aromatic rings. The second-order valence-electron chi connectivity index (χ2n) is 7.83. The lowest BCUT2D eigenvalue weighted by Gasteiger charge is -2.23. The highest BCUT2D eigenvalue weighted by Crippen LogP contribution is 2.37. The normalized spacial score (nSPS) is 20.5. The summed E-state index contributed by atoms with van der Waals surface area (Å²) in [5.74, 6) is 0.226. The van der Waals surface area contributed by atoms with Gasteiger partial charge in [0.25, 0.3) is 5.91 Å². The zero-order valence-corrected chi connectivity index (χ0v) is 17.5. The Balaban J connectivity index is 1.48. The maximum absolute atomic E-state index is 13.1. The molecule has 1 saturated heterocycles. The van der Waals surface area contributed by atoms with Crippen molar-refractivity contribution in [1.82, 2.24) is 15.5 Å². The number of nitrogens with one attached hydrogen (secondary N) is 2. The van der Waals surface area contributed by atoms with Crippen LogP contribution in [0.25, 0.3) is 0 Å². The summed E-state index contributed by atoms with van der Waals surface area (Å²) in [4.78, 5) is 39.4. The quantitative estimate of drug-likeness (QED) is 0.668. The molecule has 2 aliphatic rings. The van der Waals surface area contributed by atoms with E-state index in [-0.39, 0.29) is 25.3 Å². The van der Waals surface area contributed by atoms with Crippen molar-refractivity contribution in [2.45, 2.75) is 38.3 Å². The van der Waals surface area contributed by atoms with Gasteiger partial charge in [-0.3, -0.25) is 14.5 Å². The molecule has 4 amide bonds. The summed E-state index contributed by atoms with van der Waals surface area (Å²) in [6.45, 7) is 3.42. The lowest BCUT2D eigenvalue weighted by Crippen LogP contribution is -2.43. The van der Waals surface area contributed by atoms with Gasteiger partial charge in [-0.15, -0.1) is 0 Å². The molecule has 8 nitrogen and oxygen atoms in total. The minimum atomic E-state index is -1.29. The number of benzene rings is 2. The van der Waals surface area contributed by atoms with Crippen LogP contribution in [0.4, 0.5) is 4.79 Å². The Morgan fingerprint density at radius 1 is 1.16 bits per heavy atom. The number of amides is 4. The van der Waals surface area contributed by atoms with Crippen LogP contribution in [-0.2, 0) is 15.1 Å². The Morgan fingerprint density at radius 3 is 2.65 bits per heavy atom. The van der Waals surface area contributed by atoms with Gasteiger partial charge < -0.3 is 20.1 Å². The van der Waals surface area contributed by atoms with Gasteiger partial charge in [0.2, 0.25) is 12.7 Å². The highest BCUT2D eigenvalue weighted by molar-refractivity contribution is 6.09. The first-order valence-electron chi connectivity index (χ1n) is 10.3. The van der Waals surface area contributed by atoms with Crippen LogP contribution in [0.1, 0.15) is 43.9 Å². The van der Waals surface area contributed by atoms with Gasteiger partial charge in [-0.2, -0.15) is 0 Å². The van der Waals surface area contributed by atoms with Gasteiger partial charge in [0, 0.05) is 0 Å². The van der Waals surface area contributed by atoms with Crippen LogP contribution < -0.4 is 20.1 Å². The summed E-state index contributed by atoms with van der Waals surface area (Å²) < 4.78 is 10.7. The highest BCUT2D eigenvalue weighted by Gasteiger charge is 2.50. The summed E-state index contributed by atoms with van der Waals surface area (Å²) >= 11 is 0. The lowest BCUT2D eigenvalue weighted by molar-refractivity contribution is -0.135. The third kappa shape index (κ3) is 3.93. The van der Waals surface area contributed by atoms with Crippen LogP contribution in [0, 0.1) is 0 Å². The van der Waals surface area contributed by atoms with Crippen LogP contribution in [0.5, 0.6) is 11.5 Å². The molecule has 0 unspecified atom stereocenters. The first kappa shape index (κ1) is 20.7. The fourth-order valence-corrected chi connectivity index (χ4v) is 3.92. The minimum absolute atomic E-state index is 0.114. The van der Waals surface area contributed by atoms with E-state index in [4.69, 9.17) is 9.47 Å². The van der Waals surface area contributed by atoms with Crippen molar-refractivity contribution in [2.75, 3.05) is 13.3 Å². The number of urea groups is 1. The number of carbonyl (C=O) groups is 3. The van der Waals surface area contributed by atoms with Gasteiger partial charge in [0.05, 0.1) is 6.04 Å². The monoisotopic (exact) mass is 423 g/mol. The van der Waals surface area contributed by atoms with E-state index in [0.29, 0.717) is 17.1 Å². The number of imide groups is 1. The first-order chi connectivity index (χ1) is 14.9. The zero-order valence-electron chi connectivity index (χ0n) is 17.5. The van der Waals surface area contributed by atoms with Crippen molar-refractivity contribution >= 4 is 17.8 Å². The zero-order chi connectivity index (χ0) is 22.0. The molecule has 2 atom stereocenters. The number of hydrogen-bond donors (Lipinski definition) is 2. The number of rotatable bonds is 7. The number of carbonyl (C=O) groups excluding carboxylic acids is 3. The average molecular weight is 423 g/mol. The molecular weight excluding hydrogens is 398 g/mol. The average Bonchev–Trinajstić information content (AvgIpc) is 3.32. The van der Waals surface area contributed by atoms with E-state index in [0.717, 1.165) is 23.3 Å². The summed E-state index contributed by atoms with van der Waals surface area (Å²) in [5, 5.41) is 5.67. The van der Waals surface area contributed by atoms with Crippen LogP contribution in [0.2, 0.25) is 0 Å². The first-order valence-corrected chi connectivity index (χ1v) is 10.3. The van der Waals surface area contributed by atoms with E-state index >= 15 is 0 Å². The van der Waals surface area contributed by atoms with Gasteiger partial charge in [0.1, 0.15) is 12.1 Å². The van der Waals surface area contributed by atoms with Crippen molar-refractivity contribution in [1.29, 1.82) is 0 Å². The molecule has 31 heavy (non-hydrogen) atoms. The van der Waals surface area contributed by atoms with Crippen molar-refractivity contribution < 1.29 is 23.9 Å². The van der Waals surface area contributed by atoms with Crippen LogP contribution in [0.3, 0.4) is 0 Å². The van der Waals surface area contributed by atoms with Gasteiger partial charge >= 0.3 is 6.03 Å². The Labute approximate surface area is 180 Å². The largest absolute Gasteiger partial charge is 0.454 e. The van der Waals surface area contributed by atoms with E-state index in [9.17, 15) is 14.4 Å². The molecule has 162 valence electrons. The molecule has 0 aliphatic carbocycles. The molecule has 1 fully saturated rings. The van der Waals surface area contributed by atoms with Gasteiger partial charge in [-0.05, 0) is 36.6 Å². The fourth-order valence-electron chi connectivity index (χ4n) is 3.92. The molecule has 2 N–H and O–H groups in total. The number of fused-ring (bicyclic) bond motifs is 1. The fraction of sp³-hybridized carbons (Fsp3) is 0.348. The summed E-state index contributed by atoms with van der Waals surface area (Å²) in [6, 6.07) is 13.9. The van der Waals surface area contributed by atoms with Crippen molar-refractivity contribution in [3.8, 4) is 11.5 Å². The second kappa shape index (κ2) is 8.29. The van der Waals surface area contributed by atoms with E-state index in [2.05, 4.69) is 10.6 Å². The van der Waals surface area contributed by atoms with E-state index in [1.54, 1.807) is 25.1 Å². The third-order valence-corrected chi connectivity index (χ3v) is 5.64. The van der Waals surface area contributed by atoms with Crippen LogP contribution in [0.15, 0.2) is 48.5 Å². The standard InChI is InChI=1S/C23H25N3O5/c1-3-7-17(15-8-5-4-6-9-15)24-20(27)13-26-21(28)23(2,25-22(26)29)16-10-11-18-19(12-16)31-14-30-18/h4-6,8-12,17H,3,7,13-14H2,1-2H3,(H,24,27)(H,25,29)/t17-,23-/m1/s1. The minimum Gasteiger partial charge on any atom is -0.454 e. The van der Waals surface area contributed by atoms with Crippen molar-refractivity contribution in [2.24, 2.45) is 0 Å². The smallest absolute Gasteiger partial charge is 0.325 e. The number of hydrogen-bond acceptors (Lipinski definition) is 5. The summed E-state index contributed by atoms with van der Waals surface area (Å²) in [5.41, 5.74) is 0.256. The molecule has 0 aromatic heterocycles. The predicted molar refractivity (Wildman–Crippen MR) is 112 cm³/mol. The van der Waals surface area contributed by atoms with E-state index in [1.807, 2.05) is 37.3 Å². The summed E-state index contributed by atoms with van der Waals surface area (Å²) in [6.07, 6.45) is 1.63. The molecule has 0 spiro atoms. The maximum atomic E-state index is 13.1. The lowest BCUT2D eigenvalue weighted by atomic mass is 9.91. The summed E-state index contributed by atoms with van der Waals surface area (Å²) in [7, 11) is 0. The topological polar surface area (TPSA) is 97.0 Å². The Morgan fingerprint density at radius 2 is 1.90 bits per heavy atom. The Kier molecular flexibility index (Phi) is 5.54. The SMILES string of the molecule is CCC[C@@H](NC(=O)CN1C(=O)N[C@](C)(c2ccc3c(c2)OCO3)C1=O)c1ccccc1. The van der Waals surface area contributed by atoms with Crippen molar-refractivity contribution in [3.63, 3.8) is 0 Å². The Hall–Kier alpha value is -3.55. The van der Waals surface area contributed by atoms with Gasteiger partial charge in [-0.25, -0.2) is 4.79 Å². The molecule has 2 aromatic carbocycles. The molecule has 0 saturated carbocycles. The molecule has 8 heteroatoms. The van der Waals surface area contributed by atoms with Gasteiger partial charge in [-0.1, -0.05) is 49.7 Å². The van der Waals surface area contributed by atoms with Crippen LogP contribution >= 0.6 is 0 Å². The van der Waals surface area contributed by atoms with E-state index < -0.39 is 17.5 Å². The van der Waals surface area contributed by atoms with Gasteiger partial charge in [0.15, 0.2) is 11.5 Å². The molecule has 0 radical (unpaired) electrons. The maximum Gasteiger partial charge on any atom is 0.325 e. The number of nitrogens with zero attached hydrogens (tertiary/aromatic N) is 1. The molecule has 2 heterocycles. The van der Waals surface area contributed by atoms with Crippen molar-refractivity contribution in [3.05, 3.63) is 59.7 Å². The number of ether oxygens (including phenoxy) is 2. The molecule has 4 rings (SSSR count). The Bertz CT molecular complexity index is 1010. The molecule has 2 aliphatic heterocycles. The molecule has 0 bridgehead atoms. The molecular formula is C23H25N3O5. The predicted octanol–water partition coefficient (Wildman–Crippen LogP) is 2.84. The van der Waals surface area contributed by atoms with Crippen LogP contribution in [-0.4, -0.2) is 36.1 Å². The highest BCUT2D eigenvalue weighted by atomic mass is 16.7. The van der Waals surface area contributed by atoms with E-state index in [1.165, 1.54) is 0 Å². The second-order valence-corrected chi connectivity index (χ2v) is 7.83. The third-order valence-electron chi connectivity index (χ3n) is 5.64.